The second-order valence-corrected chi connectivity index (χ2v) is 5.07. The van der Waals surface area contributed by atoms with Gasteiger partial charge in [-0.1, -0.05) is 19.9 Å². The summed E-state index contributed by atoms with van der Waals surface area (Å²) in [5.74, 6) is -0.409. The van der Waals surface area contributed by atoms with Crippen LogP contribution >= 0.6 is 0 Å². The zero-order chi connectivity index (χ0) is 13.2. The lowest BCUT2D eigenvalue weighted by molar-refractivity contribution is 0.461. The highest BCUT2D eigenvalue weighted by molar-refractivity contribution is 5.73. The molecule has 1 aromatic heterocycles. The number of H-pyrrole nitrogens is 1. The summed E-state index contributed by atoms with van der Waals surface area (Å²) in [5.41, 5.74) is 2.50. The Morgan fingerprint density at radius 3 is 2.89 bits per heavy atom. The van der Waals surface area contributed by atoms with E-state index in [1.165, 1.54) is 0 Å². The van der Waals surface area contributed by atoms with Gasteiger partial charge in [0.2, 0.25) is 0 Å². The van der Waals surface area contributed by atoms with Crippen LogP contribution < -0.4 is 16.4 Å². The number of benzene rings is 1. The van der Waals surface area contributed by atoms with Crippen molar-refractivity contribution in [3.63, 3.8) is 0 Å². The van der Waals surface area contributed by atoms with Gasteiger partial charge in [-0.15, -0.1) is 0 Å². The van der Waals surface area contributed by atoms with E-state index in [0.717, 1.165) is 24.3 Å². The first kappa shape index (κ1) is 12.9. The average Bonchev–Trinajstić information content (AvgIpc) is 2.68. The summed E-state index contributed by atoms with van der Waals surface area (Å²) in [6, 6.07) is 5.81. The van der Waals surface area contributed by atoms with E-state index in [2.05, 4.69) is 29.5 Å². The second-order valence-electron chi connectivity index (χ2n) is 5.07. The van der Waals surface area contributed by atoms with Crippen LogP contribution in [0.3, 0.4) is 0 Å². The van der Waals surface area contributed by atoms with E-state index in [9.17, 15) is 4.79 Å². The van der Waals surface area contributed by atoms with Crippen LogP contribution in [0.25, 0.3) is 11.1 Å². The maximum absolute atomic E-state index is 11.1. The van der Waals surface area contributed by atoms with Gasteiger partial charge in [-0.3, -0.25) is 4.98 Å². The number of rotatable bonds is 5. The monoisotopic (exact) mass is 249 g/mol. The molecule has 5 nitrogen and oxygen atoms in total. The first-order valence-corrected chi connectivity index (χ1v) is 6.01. The van der Waals surface area contributed by atoms with E-state index < -0.39 is 5.76 Å². The summed E-state index contributed by atoms with van der Waals surface area (Å²) in [6.07, 6.45) is 0. The van der Waals surface area contributed by atoms with Gasteiger partial charge in [-0.2, -0.15) is 0 Å². The molecule has 0 bridgehead atoms. The van der Waals surface area contributed by atoms with Crippen molar-refractivity contribution in [2.24, 2.45) is 0 Å². The SMILES string of the molecule is CNCNCC(C)(C)c1ccc2oc(=O)[nH]c2c1. The van der Waals surface area contributed by atoms with Crippen molar-refractivity contribution in [3.05, 3.63) is 34.3 Å². The van der Waals surface area contributed by atoms with Crippen LogP contribution in [0.2, 0.25) is 0 Å². The number of nitrogens with one attached hydrogen (secondary N) is 3. The number of hydrogen-bond acceptors (Lipinski definition) is 4. The predicted octanol–water partition coefficient (Wildman–Crippen LogP) is 1.17. The van der Waals surface area contributed by atoms with Crippen LogP contribution in [-0.2, 0) is 5.41 Å². The zero-order valence-corrected chi connectivity index (χ0v) is 11.0. The molecular weight excluding hydrogens is 230 g/mol. The molecule has 1 aromatic carbocycles. The van der Waals surface area contributed by atoms with Gasteiger partial charge in [0.25, 0.3) is 0 Å². The highest BCUT2D eigenvalue weighted by atomic mass is 16.4. The van der Waals surface area contributed by atoms with Gasteiger partial charge in [0.1, 0.15) is 0 Å². The van der Waals surface area contributed by atoms with Crippen molar-refractivity contribution >= 4 is 11.1 Å². The summed E-state index contributed by atoms with van der Waals surface area (Å²) in [4.78, 5) is 13.8. The summed E-state index contributed by atoms with van der Waals surface area (Å²) >= 11 is 0. The van der Waals surface area contributed by atoms with E-state index >= 15 is 0 Å². The molecule has 98 valence electrons. The van der Waals surface area contributed by atoms with Gasteiger partial charge in [0.15, 0.2) is 5.58 Å². The molecule has 0 unspecified atom stereocenters. The number of fused-ring (bicyclic) bond motifs is 1. The molecule has 0 spiro atoms. The lowest BCUT2D eigenvalue weighted by Crippen LogP contribution is -2.37. The Bertz CT molecular complexity index is 583. The minimum atomic E-state index is -0.409. The fraction of sp³-hybridized carbons (Fsp3) is 0.462. The predicted molar refractivity (Wildman–Crippen MR) is 71.8 cm³/mol. The minimum Gasteiger partial charge on any atom is -0.408 e. The highest BCUT2D eigenvalue weighted by Gasteiger charge is 2.20. The first-order chi connectivity index (χ1) is 8.53. The molecule has 0 amide bonds. The van der Waals surface area contributed by atoms with Crippen LogP contribution in [0.15, 0.2) is 27.4 Å². The van der Waals surface area contributed by atoms with Crippen molar-refractivity contribution < 1.29 is 4.42 Å². The molecule has 1 heterocycles. The first-order valence-electron chi connectivity index (χ1n) is 6.01. The topological polar surface area (TPSA) is 70.1 Å². The third-order valence-electron chi connectivity index (χ3n) is 3.07. The van der Waals surface area contributed by atoms with Crippen LogP contribution in [-0.4, -0.2) is 25.2 Å². The fourth-order valence-electron chi connectivity index (χ4n) is 1.98. The molecule has 2 rings (SSSR count). The molecule has 2 aromatic rings. The number of hydrogen-bond donors (Lipinski definition) is 3. The fourth-order valence-corrected chi connectivity index (χ4v) is 1.98. The largest absolute Gasteiger partial charge is 0.417 e. The second kappa shape index (κ2) is 4.96. The number of aromatic nitrogens is 1. The summed E-state index contributed by atoms with van der Waals surface area (Å²) in [7, 11) is 1.91. The Morgan fingerprint density at radius 2 is 2.17 bits per heavy atom. The maximum Gasteiger partial charge on any atom is 0.417 e. The van der Waals surface area contributed by atoms with Gasteiger partial charge < -0.3 is 15.1 Å². The molecular formula is C13H19N3O2. The van der Waals surface area contributed by atoms with Gasteiger partial charge in [0.05, 0.1) is 5.52 Å². The van der Waals surface area contributed by atoms with Crippen molar-refractivity contribution in [1.82, 2.24) is 15.6 Å². The normalized spacial score (nSPS) is 12.2. The van der Waals surface area contributed by atoms with E-state index in [1.54, 1.807) is 0 Å². The smallest absolute Gasteiger partial charge is 0.408 e. The van der Waals surface area contributed by atoms with Crippen LogP contribution in [0.4, 0.5) is 0 Å². The van der Waals surface area contributed by atoms with Crippen LogP contribution in [0.1, 0.15) is 19.4 Å². The van der Waals surface area contributed by atoms with Gasteiger partial charge >= 0.3 is 5.76 Å². The van der Waals surface area contributed by atoms with E-state index in [4.69, 9.17) is 4.42 Å². The Balaban J connectivity index is 2.25. The van der Waals surface area contributed by atoms with E-state index in [1.807, 2.05) is 25.2 Å². The Labute approximate surface area is 106 Å². The summed E-state index contributed by atoms with van der Waals surface area (Å²) in [5, 5.41) is 6.37. The lowest BCUT2D eigenvalue weighted by Gasteiger charge is -2.25. The standard InChI is InChI=1S/C13H19N3O2/c1-13(2,7-15-8-14-3)9-4-5-11-10(6-9)16-12(17)18-11/h4-6,14-15H,7-8H2,1-3H3,(H,16,17). The summed E-state index contributed by atoms with van der Waals surface area (Å²) < 4.78 is 5.00. The van der Waals surface area contributed by atoms with Crippen molar-refractivity contribution in [3.8, 4) is 0 Å². The van der Waals surface area contributed by atoms with Crippen LogP contribution in [0.5, 0.6) is 0 Å². The third kappa shape index (κ3) is 2.63. The molecule has 0 aliphatic rings. The number of aromatic amines is 1. The van der Waals surface area contributed by atoms with Gasteiger partial charge in [-0.05, 0) is 24.7 Å². The molecule has 0 radical (unpaired) electrons. The molecule has 5 heteroatoms. The summed E-state index contributed by atoms with van der Waals surface area (Å²) in [6.45, 7) is 5.94. The lowest BCUT2D eigenvalue weighted by atomic mass is 9.84. The third-order valence-corrected chi connectivity index (χ3v) is 3.07. The highest BCUT2D eigenvalue weighted by Crippen LogP contribution is 2.25. The zero-order valence-electron chi connectivity index (χ0n) is 11.0. The van der Waals surface area contributed by atoms with Crippen molar-refractivity contribution in [2.75, 3.05) is 20.3 Å². The molecule has 0 saturated heterocycles. The molecule has 18 heavy (non-hydrogen) atoms. The number of oxazole rings is 1. The van der Waals surface area contributed by atoms with Gasteiger partial charge in [-0.25, -0.2) is 4.79 Å². The minimum absolute atomic E-state index is 0.0147. The molecule has 3 N–H and O–H groups in total. The quantitative estimate of drug-likeness (QED) is 0.549. The van der Waals surface area contributed by atoms with E-state index in [0.29, 0.717) is 5.58 Å². The van der Waals surface area contributed by atoms with Crippen molar-refractivity contribution in [1.29, 1.82) is 0 Å². The molecule has 0 aliphatic heterocycles. The Kier molecular flexibility index (Phi) is 3.54. The Hall–Kier alpha value is -1.59. The van der Waals surface area contributed by atoms with Crippen LogP contribution in [0, 0.1) is 0 Å². The molecule has 0 fully saturated rings. The van der Waals surface area contributed by atoms with E-state index in [-0.39, 0.29) is 5.41 Å². The van der Waals surface area contributed by atoms with Gasteiger partial charge in [0, 0.05) is 18.6 Å². The average molecular weight is 249 g/mol. The Morgan fingerprint density at radius 1 is 1.39 bits per heavy atom. The molecule has 0 aliphatic carbocycles. The maximum atomic E-state index is 11.1. The van der Waals surface area contributed by atoms with Crippen molar-refractivity contribution in [2.45, 2.75) is 19.3 Å². The molecule has 0 atom stereocenters. The molecule has 0 saturated carbocycles.